The van der Waals surface area contributed by atoms with Crippen molar-refractivity contribution in [2.24, 2.45) is 0 Å². The molecule has 0 aliphatic rings. The minimum Gasteiger partial charge on any atom is -0.385 e. The molecule has 1 aromatic heterocycles. The van der Waals surface area contributed by atoms with Gasteiger partial charge in [0.15, 0.2) is 5.13 Å². The van der Waals surface area contributed by atoms with Crippen LogP contribution in [0.2, 0.25) is 0 Å². The van der Waals surface area contributed by atoms with E-state index >= 15 is 0 Å². The highest BCUT2D eigenvalue weighted by Gasteiger charge is 2.15. The SMILES string of the molecule is CNCc1sc(N(C)CCCOC)nc1C(C)C. The number of aromatic nitrogens is 1. The number of rotatable bonds is 8. The van der Waals surface area contributed by atoms with Crippen molar-refractivity contribution in [1.29, 1.82) is 0 Å². The van der Waals surface area contributed by atoms with Crippen LogP contribution in [-0.2, 0) is 11.3 Å². The van der Waals surface area contributed by atoms with Gasteiger partial charge in [0.1, 0.15) is 0 Å². The fraction of sp³-hybridized carbons (Fsp3) is 0.769. The fourth-order valence-corrected chi connectivity index (χ4v) is 3.01. The summed E-state index contributed by atoms with van der Waals surface area (Å²) in [6, 6.07) is 0. The van der Waals surface area contributed by atoms with Gasteiger partial charge in [0.05, 0.1) is 5.69 Å². The lowest BCUT2D eigenvalue weighted by Gasteiger charge is -2.15. The minimum absolute atomic E-state index is 0.478. The van der Waals surface area contributed by atoms with Crippen molar-refractivity contribution in [2.75, 3.05) is 39.3 Å². The zero-order valence-corrected chi connectivity index (χ0v) is 12.9. The van der Waals surface area contributed by atoms with Gasteiger partial charge < -0.3 is 15.0 Å². The summed E-state index contributed by atoms with van der Waals surface area (Å²) >= 11 is 1.79. The lowest BCUT2D eigenvalue weighted by molar-refractivity contribution is 0.196. The van der Waals surface area contributed by atoms with Crippen molar-refractivity contribution in [3.63, 3.8) is 0 Å². The molecule has 0 saturated heterocycles. The predicted octanol–water partition coefficient (Wildman–Crippen LogP) is 2.46. The molecule has 0 spiro atoms. The summed E-state index contributed by atoms with van der Waals surface area (Å²) in [5.74, 6) is 0.478. The maximum Gasteiger partial charge on any atom is 0.185 e. The van der Waals surface area contributed by atoms with Gasteiger partial charge in [-0.1, -0.05) is 13.8 Å². The van der Waals surface area contributed by atoms with Gasteiger partial charge in [0, 0.05) is 38.7 Å². The van der Waals surface area contributed by atoms with Crippen LogP contribution in [0.15, 0.2) is 0 Å². The Kier molecular flexibility index (Phi) is 6.60. The van der Waals surface area contributed by atoms with Gasteiger partial charge in [-0.25, -0.2) is 4.98 Å². The number of nitrogens with one attached hydrogen (secondary N) is 1. The number of ether oxygens (including phenoxy) is 1. The first-order valence-electron chi connectivity index (χ1n) is 6.44. The number of thiazole rings is 1. The molecule has 0 unspecified atom stereocenters. The minimum atomic E-state index is 0.478. The molecule has 5 heteroatoms. The molecule has 0 amide bonds. The predicted molar refractivity (Wildman–Crippen MR) is 78.7 cm³/mol. The largest absolute Gasteiger partial charge is 0.385 e. The van der Waals surface area contributed by atoms with Crippen LogP contribution >= 0.6 is 11.3 Å². The van der Waals surface area contributed by atoms with Gasteiger partial charge >= 0.3 is 0 Å². The summed E-state index contributed by atoms with van der Waals surface area (Å²) in [6.07, 6.45) is 1.03. The third-order valence-electron chi connectivity index (χ3n) is 2.77. The molecular weight excluding hydrogens is 246 g/mol. The second-order valence-electron chi connectivity index (χ2n) is 4.76. The molecule has 1 rings (SSSR count). The average molecular weight is 271 g/mol. The van der Waals surface area contributed by atoms with Crippen molar-refractivity contribution in [3.05, 3.63) is 10.6 Å². The van der Waals surface area contributed by atoms with Crippen LogP contribution in [0.25, 0.3) is 0 Å². The van der Waals surface area contributed by atoms with E-state index in [1.165, 1.54) is 10.6 Å². The molecule has 0 aliphatic heterocycles. The van der Waals surface area contributed by atoms with Gasteiger partial charge in [-0.3, -0.25) is 0 Å². The van der Waals surface area contributed by atoms with Gasteiger partial charge in [-0.05, 0) is 19.4 Å². The first kappa shape index (κ1) is 15.4. The van der Waals surface area contributed by atoms with E-state index in [1.807, 2.05) is 7.05 Å². The van der Waals surface area contributed by atoms with Crippen LogP contribution in [0.5, 0.6) is 0 Å². The van der Waals surface area contributed by atoms with E-state index < -0.39 is 0 Å². The lowest BCUT2D eigenvalue weighted by atomic mass is 10.1. The molecule has 1 aromatic rings. The van der Waals surface area contributed by atoms with E-state index in [0.29, 0.717) is 5.92 Å². The van der Waals surface area contributed by atoms with E-state index in [0.717, 1.165) is 31.2 Å². The van der Waals surface area contributed by atoms with E-state index in [-0.39, 0.29) is 0 Å². The van der Waals surface area contributed by atoms with E-state index in [2.05, 4.69) is 31.1 Å². The highest BCUT2D eigenvalue weighted by Crippen LogP contribution is 2.30. The molecule has 0 fully saturated rings. The Morgan fingerprint density at radius 2 is 2.17 bits per heavy atom. The summed E-state index contributed by atoms with van der Waals surface area (Å²) < 4.78 is 5.08. The van der Waals surface area contributed by atoms with Crippen LogP contribution in [0.1, 0.15) is 36.8 Å². The van der Waals surface area contributed by atoms with Crippen LogP contribution in [-0.4, -0.2) is 39.3 Å². The second kappa shape index (κ2) is 7.71. The molecule has 0 saturated carbocycles. The molecule has 104 valence electrons. The Labute approximate surface area is 114 Å². The molecule has 1 heterocycles. The molecular formula is C13H25N3OS. The first-order chi connectivity index (χ1) is 8.60. The number of hydrogen-bond acceptors (Lipinski definition) is 5. The monoisotopic (exact) mass is 271 g/mol. The summed E-state index contributed by atoms with van der Waals surface area (Å²) in [4.78, 5) is 8.34. The number of nitrogens with zero attached hydrogens (tertiary/aromatic N) is 2. The normalized spacial score (nSPS) is 11.2. The zero-order chi connectivity index (χ0) is 13.5. The van der Waals surface area contributed by atoms with Crippen LogP contribution in [0.4, 0.5) is 5.13 Å². The summed E-state index contributed by atoms with van der Waals surface area (Å²) in [7, 11) is 5.82. The van der Waals surface area contributed by atoms with Gasteiger partial charge in [-0.2, -0.15) is 0 Å². The van der Waals surface area contributed by atoms with Crippen LogP contribution < -0.4 is 10.2 Å². The maximum absolute atomic E-state index is 5.08. The third kappa shape index (κ3) is 4.23. The average Bonchev–Trinajstić information content (AvgIpc) is 2.74. The van der Waals surface area contributed by atoms with Gasteiger partial charge in [0.25, 0.3) is 0 Å². The highest BCUT2D eigenvalue weighted by molar-refractivity contribution is 7.15. The van der Waals surface area contributed by atoms with Crippen molar-refractivity contribution < 1.29 is 4.74 Å². The van der Waals surface area contributed by atoms with Crippen molar-refractivity contribution in [3.8, 4) is 0 Å². The fourth-order valence-electron chi connectivity index (χ4n) is 1.79. The number of hydrogen-bond donors (Lipinski definition) is 1. The van der Waals surface area contributed by atoms with Crippen LogP contribution in [0, 0.1) is 0 Å². The topological polar surface area (TPSA) is 37.4 Å². The Bertz CT molecular complexity index is 352. The lowest BCUT2D eigenvalue weighted by Crippen LogP contribution is -2.19. The first-order valence-corrected chi connectivity index (χ1v) is 7.26. The molecule has 0 atom stereocenters. The molecule has 0 bridgehead atoms. The summed E-state index contributed by atoms with van der Waals surface area (Å²) in [5, 5.41) is 4.33. The molecule has 4 nitrogen and oxygen atoms in total. The smallest absolute Gasteiger partial charge is 0.185 e. The summed E-state index contributed by atoms with van der Waals surface area (Å²) in [5.41, 5.74) is 1.22. The van der Waals surface area contributed by atoms with E-state index in [9.17, 15) is 0 Å². The Morgan fingerprint density at radius 1 is 1.44 bits per heavy atom. The van der Waals surface area contributed by atoms with E-state index in [4.69, 9.17) is 9.72 Å². The Hall–Kier alpha value is -0.650. The van der Waals surface area contributed by atoms with Crippen LogP contribution in [0.3, 0.4) is 0 Å². The second-order valence-corrected chi connectivity index (χ2v) is 5.82. The van der Waals surface area contributed by atoms with Crippen molar-refractivity contribution in [2.45, 2.75) is 32.7 Å². The third-order valence-corrected chi connectivity index (χ3v) is 3.95. The Morgan fingerprint density at radius 3 is 2.72 bits per heavy atom. The maximum atomic E-state index is 5.08. The Balaban J connectivity index is 2.73. The molecule has 1 N–H and O–H groups in total. The van der Waals surface area contributed by atoms with Gasteiger partial charge in [-0.15, -0.1) is 11.3 Å². The van der Waals surface area contributed by atoms with Gasteiger partial charge in [0.2, 0.25) is 0 Å². The molecule has 0 aromatic carbocycles. The number of methoxy groups -OCH3 is 1. The quantitative estimate of drug-likeness (QED) is 0.737. The van der Waals surface area contributed by atoms with Crippen molar-refractivity contribution >= 4 is 16.5 Å². The zero-order valence-electron chi connectivity index (χ0n) is 12.1. The summed E-state index contributed by atoms with van der Waals surface area (Å²) in [6.45, 7) is 7.08. The van der Waals surface area contributed by atoms with Crippen molar-refractivity contribution in [1.82, 2.24) is 10.3 Å². The highest BCUT2D eigenvalue weighted by atomic mass is 32.1. The molecule has 0 aliphatic carbocycles. The standard InChI is InChI=1S/C13H25N3OS/c1-10(2)12-11(9-14-3)18-13(15-12)16(4)7-6-8-17-5/h10,14H,6-9H2,1-5H3. The molecule has 18 heavy (non-hydrogen) atoms. The number of anilines is 1. The van der Waals surface area contributed by atoms with E-state index in [1.54, 1.807) is 18.4 Å². The molecule has 0 radical (unpaired) electrons.